The second-order valence-corrected chi connectivity index (χ2v) is 5.85. The van der Waals surface area contributed by atoms with E-state index in [-0.39, 0.29) is 11.7 Å². The predicted molar refractivity (Wildman–Crippen MR) is 89.5 cm³/mol. The summed E-state index contributed by atoms with van der Waals surface area (Å²) in [6.45, 7) is 2.91. The molecule has 0 aliphatic heterocycles. The Labute approximate surface area is 136 Å². The molecule has 5 heteroatoms. The molecule has 0 aliphatic carbocycles. The number of nitrogens with zero attached hydrogens (tertiary/aromatic N) is 3. The number of amides is 1. The Morgan fingerprint density at radius 3 is 2.65 bits per heavy atom. The monoisotopic (exact) mass is 317 g/mol. The van der Waals surface area contributed by atoms with Crippen LogP contribution >= 0.6 is 0 Å². The van der Waals surface area contributed by atoms with Crippen LogP contribution in [-0.4, -0.2) is 34.2 Å². The Balaban J connectivity index is 2.06. The number of hydrogen-bond donors (Lipinski definition) is 0. The summed E-state index contributed by atoms with van der Waals surface area (Å²) in [5, 5.41) is 4.45. The number of aromatic nitrogens is 2. The quantitative estimate of drug-likeness (QED) is 0.785. The summed E-state index contributed by atoms with van der Waals surface area (Å²) < 4.78 is 14.8. The first-order valence-corrected chi connectivity index (χ1v) is 8.03. The van der Waals surface area contributed by atoms with Crippen LogP contribution in [0.5, 0.6) is 0 Å². The molecule has 0 N–H and O–H groups in total. The van der Waals surface area contributed by atoms with Crippen molar-refractivity contribution in [3.8, 4) is 11.3 Å². The van der Waals surface area contributed by atoms with Gasteiger partial charge >= 0.3 is 0 Å². The van der Waals surface area contributed by atoms with Gasteiger partial charge in [-0.1, -0.05) is 13.3 Å². The molecule has 1 amide bonds. The van der Waals surface area contributed by atoms with Gasteiger partial charge in [-0.05, 0) is 42.7 Å². The third kappa shape index (κ3) is 4.65. The average molecular weight is 317 g/mol. The highest BCUT2D eigenvalue weighted by molar-refractivity contribution is 5.76. The highest BCUT2D eigenvalue weighted by Gasteiger charge is 2.14. The lowest BCUT2D eigenvalue weighted by molar-refractivity contribution is -0.129. The largest absolute Gasteiger partial charge is 0.346 e. The number of unbranched alkanes of at least 4 members (excludes halogenated alkanes) is 1. The van der Waals surface area contributed by atoms with Crippen LogP contribution in [0.1, 0.15) is 31.7 Å². The number of aryl methyl sites for hydroxylation is 2. The van der Waals surface area contributed by atoms with E-state index in [4.69, 9.17) is 0 Å². The molecular weight excluding hydrogens is 293 g/mol. The first-order valence-electron chi connectivity index (χ1n) is 8.03. The number of benzene rings is 1. The van der Waals surface area contributed by atoms with Gasteiger partial charge in [0.15, 0.2) is 0 Å². The van der Waals surface area contributed by atoms with Gasteiger partial charge in [0.05, 0.1) is 5.69 Å². The van der Waals surface area contributed by atoms with Gasteiger partial charge < -0.3 is 4.90 Å². The van der Waals surface area contributed by atoms with Gasteiger partial charge in [-0.3, -0.25) is 9.48 Å². The molecule has 0 saturated heterocycles. The van der Waals surface area contributed by atoms with Crippen molar-refractivity contribution < 1.29 is 9.18 Å². The maximum atomic E-state index is 13.1. The van der Waals surface area contributed by atoms with Crippen molar-refractivity contribution in [1.29, 1.82) is 0 Å². The molecule has 4 nitrogen and oxygen atoms in total. The molecular formula is C18H24FN3O. The van der Waals surface area contributed by atoms with Crippen molar-refractivity contribution in [2.45, 2.75) is 32.6 Å². The lowest BCUT2D eigenvalue weighted by Crippen LogP contribution is -2.27. The lowest BCUT2D eigenvalue weighted by atomic mass is 10.0. The molecule has 2 aromatic rings. The standard InChI is InChI=1S/C18H24FN3O/c1-4-5-12-21(2)17(23)11-8-15-13-22(3)20-18(15)14-6-9-16(19)10-7-14/h6-7,9-10,13H,4-5,8,11-12H2,1-3H3. The van der Waals surface area contributed by atoms with Gasteiger partial charge in [0, 0.05) is 38.8 Å². The Hall–Kier alpha value is -2.17. The molecule has 0 radical (unpaired) electrons. The number of rotatable bonds is 7. The Morgan fingerprint density at radius 1 is 1.30 bits per heavy atom. The van der Waals surface area contributed by atoms with Crippen LogP contribution in [-0.2, 0) is 18.3 Å². The van der Waals surface area contributed by atoms with E-state index in [1.807, 2.05) is 20.3 Å². The summed E-state index contributed by atoms with van der Waals surface area (Å²) in [5.41, 5.74) is 2.70. The summed E-state index contributed by atoms with van der Waals surface area (Å²) in [6, 6.07) is 6.29. The van der Waals surface area contributed by atoms with Gasteiger partial charge in [0.2, 0.25) is 5.91 Å². The third-order valence-corrected chi connectivity index (χ3v) is 3.90. The molecule has 2 rings (SSSR count). The fraction of sp³-hybridized carbons (Fsp3) is 0.444. The fourth-order valence-corrected chi connectivity index (χ4v) is 2.52. The zero-order valence-corrected chi connectivity index (χ0v) is 14.1. The normalized spacial score (nSPS) is 10.8. The van der Waals surface area contributed by atoms with E-state index in [0.29, 0.717) is 12.8 Å². The van der Waals surface area contributed by atoms with Crippen molar-refractivity contribution in [2.75, 3.05) is 13.6 Å². The van der Waals surface area contributed by atoms with Gasteiger partial charge in [0.1, 0.15) is 5.82 Å². The summed E-state index contributed by atoms with van der Waals surface area (Å²) >= 11 is 0. The second kappa shape index (κ2) is 7.90. The van der Waals surface area contributed by atoms with Gasteiger partial charge in [0.25, 0.3) is 0 Å². The van der Waals surface area contributed by atoms with E-state index in [9.17, 15) is 9.18 Å². The van der Waals surface area contributed by atoms with Crippen molar-refractivity contribution in [3.05, 3.63) is 41.8 Å². The molecule has 23 heavy (non-hydrogen) atoms. The Morgan fingerprint density at radius 2 is 2.00 bits per heavy atom. The molecule has 0 aliphatic rings. The van der Waals surface area contributed by atoms with Crippen LogP contribution in [0.3, 0.4) is 0 Å². The predicted octanol–water partition coefficient (Wildman–Crippen LogP) is 3.42. The fourth-order valence-electron chi connectivity index (χ4n) is 2.52. The van der Waals surface area contributed by atoms with E-state index in [2.05, 4.69) is 12.0 Å². The Bertz CT molecular complexity index is 649. The van der Waals surface area contributed by atoms with Crippen LogP contribution in [0.2, 0.25) is 0 Å². The summed E-state index contributed by atoms with van der Waals surface area (Å²) in [6.07, 6.45) is 5.12. The van der Waals surface area contributed by atoms with E-state index < -0.39 is 0 Å². The smallest absolute Gasteiger partial charge is 0.222 e. The zero-order valence-electron chi connectivity index (χ0n) is 14.1. The SMILES string of the molecule is CCCCN(C)C(=O)CCc1cn(C)nc1-c1ccc(F)cc1. The molecule has 0 atom stereocenters. The Kier molecular flexibility index (Phi) is 5.90. The van der Waals surface area contributed by atoms with Gasteiger partial charge in [-0.25, -0.2) is 4.39 Å². The molecule has 0 saturated carbocycles. The summed E-state index contributed by atoms with van der Waals surface area (Å²) in [5.74, 6) is -0.119. The van der Waals surface area contributed by atoms with Crippen LogP contribution in [0, 0.1) is 5.82 Å². The number of carbonyl (C=O) groups excluding carboxylic acids is 1. The topological polar surface area (TPSA) is 38.1 Å². The first-order chi connectivity index (χ1) is 11.0. The van der Waals surface area contributed by atoms with Crippen molar-refractivity contribution in [2.24, 2.45) is 7.05 Å². The van der Waals surface area contributed by atoms with Crippen LogP contribution in [0.4, 0.5) is 4.39 Å². The zero-order chi connectivity index (χ0) is 16.8. The lowest BCUT2D eigenvalue weighted by Gasteiger charge is -2.16. The molecule has 0 unspecified atom stereocenters. The average Bonchev–Trinajstić information content (AvgIpc) is 2.91. The molecule has 1 heterocycles. The second-order valence-electron chi connectivity index (χ2n) is 5.85. The van der Waals surface area contributed by atoms with Crippen molar-refractivity contribution >= 4 is 5.91 Å². The molecule has 0 spiro atoms. The van der Waals surface area contributed by atoms with E-state index >= 15 is 0 Å². The molecule has 0 fully saturated rings. The van der Waals surface area contributed by atoms with Gasteiger partial charge in [-0.15, -0.1) is 0 Å². The highest BCUT2D eigenvalue weighted by Crippen LogP contribution is 2.23. The minimum Gasteiger partial charge on any atom is -0.346 e. The minimum atomic E-state index is -0.265. The number of halogens is 1. The molecule has 124 valence electrons. The number of hydrogen-bond acceptors (Lipinski definition) is 2. The molecule has 1 aromatic carbocycles. The van der Waals surface area contributed by atoms with Gasteiger partial charge in [-0.2, -0.15) is 5.10 Å². The van der Waals surface area contributed by atoms with Crippen LogP contribution in [0.25, 0.3) is 11.3 Å². The molecule has 1 aromatic heterocycles. The molecule has 0 bridgehead atoms. The third-order valence-electron chi connectivity index (χ3n) is 3.90. The van der Waals surface area contributed by atoms with Crippen molar-refractivity contribution in [3.63, 3.8) is 0 Å². The van der Waals surface area contributed by atoms with E-state index in [1.54, 1.807) is 21.7 Å². The number of carbonyl (C=O) groups is 1. The highest BCUT2D eigenvalue weighted by atomic mass is 19.1. The van der Waals surface area contributed by atoms with Crippen molar-refractivity contribution in [1.82, 2.24) is 14.7 Å². The summed E-state index contributed by atoms with van der Waals surface area (Å²) in [4.78, 5) is 14.0. The van der Waals surface area contributed by atoms with E-state index in [1.165, 1.54) is 12.1 Å². The maximum absolute atomic E-state index is 13.1. The van der Waals surface area contributed by atoms with E-state index in [0.717, 1.165) is 36.2 Å². The van der Waals surface area contributed by atoms with Crippen LogP contribution < -0.4 is 0 Å². The summed E-state index contributed by atoms with van der Waals surface area (Å²) in [7, 11) is 3.70. The minimum absolute atomic E-state index is 0.146. The maximum Gasteiger partial charge on any atom is 0.222 e. The first kappa shape index (κ1) is 17.2. The van der Waals surface area contributed by atoms with Crippen LogP contribution in [0.15, 0.2) is 30.5 Å².